The summed E-state index contributed by atoms with van der Waals surface area (Å²) in [5, 5.41) is 11.0. The van der Waals surface area contributed by atoms with E-state index in [4.69, 9.17) is 9.47 Å². The Labute approximate surface area is 327 Å². The zero-order valence-electron chi connectivity index (χ0n) is 31.4. The second-order valence-corrected chi connectivity index (χ2v) is 16.5. The van der Waals surface area contributed by atoms with Gasteiger partial charge in [0.25, 0.3) is 0 Å². The molecule has 290 valence electrons. The van der Waals surface area contributed by atoms with Crippen molar-refractivity contribution in [2.45, 2.75) is 112 Å². The van der Waals surface area contributed by atoms with Gasteiger partial charge in [0.05, 0.1) is 36.6 Å². The smallest absolute Gasteiger partial charge is 0.313 e. The summed E-state index contributed by atoms with van der Waals surface area (Å²) in [6, 6.07) is 16.5. The molecule has 1 aliphatic carbocycles. The molecule has 2 aromatic rings. The van der Waals surface area contributed by atoms with Gasteiger partial charge in [-0.05, 0) is 50.2 Å². The Kier molecular flexibility index (Phi) is 12.8. The number of carbonyl (C=O) groups is 4. The minimum absolute atomic E-state index is 0.0169. The molecule has 4 fully saturated rings. The predicted molar refractivity (Wildman–Crippen MR) is 209 cm³/mol. The summed E-state index contributed by atoms with van der Waals surface area (Å²) in [7, 11) is 1.70. The zero-order chi connectivity index (χ0) is 38.6. The molecule has 6 rings (SSSR count). The fraction of sp³-hybridized carbons (Fsp3) is 0.535. The van der Waals surface area contributed by atoms with Crippen LogP contribution >= 0.6 is 15.9 Å². The number of halogens is 1. The molecule has 0 radical (unpaired) electrons. The minimum atomic E-state index is -1.33. The van der Waals surface area contributed by atoms with Gasteiger partial charge in [-0.25, -0.2) is 0 Å². The number of rotatable bonds is 16. The number of allylic oxidation sites excluding steroid dienone is 1. The maximum absolute atomic E-state index is 15.2. The average Bonchev–Trinajstić information content (AvgIpc) is 3.80. The van der Waals surface area contributed by atoms with Crippen molar-refractivity contribution in [3.05, 3.63) is 97.1 Å². The van der Waals surface area contributed by atoms with Crippen molar-refractivity contribution in [1.82, 2.24) is 14.7 Å². The standard InChI is InChI=1S/C43H54BrN3O7/c1-5-7-23-34(49)45(4)28(3)37(30-19-13-9-14-20-30)53-42(52)35-36-40(50)47(32(27-48)25-29-17-11-8-12-18-29)39(43(36)26-33(44)38(35)54-43)41(51)46(24-6-2)31-21-15-10-16-22-31/h5-6,8-9,11-14,17-20,28,31-33,35-39,48H,1-2,7,10,15-16,21-27H2,3-4H3/t28-,32+,33?,35-,36+,37+,38-,39-,43+/m0/s1. The molecular formula is C43H54BrN3O7. The van der Waals surface area contributed by atoms with Gasteiger partial charge >= 0.3 is 5.97 Å². The van der Waals surface area contributed by atoms with Gasteiger partial charge in [-0.15, -0.1) is 13.2 Å². The fourth-order valence-electron chi connectivity index (χ4n) is 9.38. The highest BCUT2D eigenvalue weighted by Gasteiger charge is 2.77. The number of aliphatic hydroxyl groups excluding tert-OH is 1. The number of hydrogen-bond acceptors (Lipinski definition) is 7. The van der Waals surface area contributed by atoms with Crippen molar-refractivity contribution >= 4 is 39.6 Å². The van der Waals surface area contributed by atoms with Crippen LogP contribution in [0.4, 0.5) is 0 Å². The number of likely N-dealkylation sites (N-methyl/N-ethyl adjacent to an activating group) is 1. The molecule has 11 heteroatoms. The van der Waals surface area contributed by atoms with Gasteiger partial charge in [0.1, 0.15) is 17.7 Å². The number of alkyl halides is 1. The molecule has 4 aliphatic rings. The van der Waals surface area contributed by atoms with Crippen molar-refractivity contribution in [3.8, 4) is 0 Å². The number of likely N-dealkylation sites (tertiary alicyclic amines) is 1. The van der Waals surface area contributed by atoms with Crippen molar-refractivity contribution in [1.29, 1.82) is 0 Å². The summed E-state index contributed by atoms with van der Waals surface area (Å²) in [4.78, 5) is 62.8. The molecule has 3 saturated heterocycles. The molecule has 3 aliphatic heterocycles. The van der Waals surface area contributed by atoms with Crippen LogP contribution in [-0.4, -0.2) is 104 Å². The first-order chi connectivity index (χ1) is 26.1. The highest BCUT2D eigenvalue weighted by molar-refractivity contribution is 9.09. The third-order valence-electron chi connectivity index (χ3n) is 12.2. The lowest BCUT2D eigenvalue weighted by Gasteiger charge is -2.42. The summed E-state index contributed by atoms with van der Waals surface area (Å²) >= 11 is 3.80. The number of nitrogens with zero attached hydrogens (tertiary/aromatic N) is 3. The number of amides is 3. The van der Waals surface area contributed by atoms with Crippen molar-refractivity contribution in [3.63, 3.8) is 0 Å². The normalized spacial score (nSPS) is 27.8. The van der Waals surface area contributed by atoms with Crippen LogP contribution in [0.1, 0.15) is 75.5 Å². The molecule has 1 unspecified atom stereocenters. The minimum Gasteiger partial charge on any atom is -0.455 e. The molecule has 3 amide bonds. The lowest BCUT2D eigenvalue weighted by molar-refractivity contribution is -0.165. The molecular weight excluding hydrogens is 750 g/mol. The van der Waals surface area contributed by atoms with Crippen LogP contribution in [0.5, 0.6) is 0 Å². The van der Waals surface area contributed by atoms with E-state index in [1.807, 2.05) is 72.5 Å². The van der Waals surface area contributed by atoms with Crippen LogP contribution in [0, 0.1) is 11.8 Å². The Morgan fingerprint density at radius 2 is 1.72 bits per heavy atom. The van der Waals surface area contributed by atoms with Gasteiger partial charge in [-0.1, -0.05) is 108 Å². The second-order valence-electron chi connectivity index (χ2n) is 15.3. The molecule has 1 spiro atoms. The summed E-state index contributed by atoms with van der Waals surface area (Å²) in [6.07, 6.45) is 8.11. The maximum atomic E-state index is 15.2. The SMILES string of the molecule is C=CCCC(=O)N(C)[C@@H](C)[C@@H](OC(=O)[C@@H]1[C@H]2O[C@@]3(CC2Br)[C@H](C(=O)N(CC=C)C2CCCCC2)N([C@@H](CO)Cc2ccccc2)C(=O)[C@@H]13)c1ccccc1. The Morgan fingerprint density at radius 1 is 1.06 bits per heavy atom. The van der Waals surface area contributed by atoms with Crippen molar-refractivity contribution < 1.29 is 33.8 Å². The molecule has 3 heterocycles. The number of ether oxygens (including phenoxy) is 2. The van der Waals surface area contributed by atoms with Gasteiger partial charge in [-0.2, -0.15) is 0 Å². The lowest BCUT2D eigenvalue weighted by Crippen LogP contribution is -2.61. The second kappa shape index (κ2) is 17.3. The Hall–Kier alpha value is -3.80. The Bertz CT molecular complexity index is 1670. The topological polar surface area (TPSA) is 117 Å². The van der Waals surface area contributed by atoms with Crippen molar-refractivity contribution in [2.75, 3.05) is 20.2 Å². The van der Waals surface area contributed by atoms with E-state index in [9.17, 15) is 14.7 Å². The average molecular weight is 805 g/mol. The monoisotopic (exact) mass is 803 g/mol. The largest absolute Gasteiger partial charge is 0.455 e. The third-order valence-corrected chi connectivity index (χ3v) is 13.0. The first kappa shape index (κ1) is 39.9. The highest BCUT2D eigenvalue weighted by Crippen LogP contribution is 2.61. The van der Waals surface area contributed by atoms with Gasteiger partial charge < -0.3 is 29.3 Å². The molecule has 54 heavy (non-hydrogen) atoms. The zero-order valence-corrected chi connectivity index (χ0v) is 33.0. The van der Waals surface area contributed by atoms with E-state index in [1.54, 1.807) is 29.0 Å². The number of fused-ring (bicyclic) bond motifs is 1. The van der Waals surface area contributed by atoms with E-state index < -0.39 is 59.6 Å². The van der Waals surface area contributed by atoms with E-state index in [-0.39, 0.29) is 35.7 Å². The quantitative estimate of drug-likeness (QED) is 0.130. The molecule has 2 bridgehead atoms. The van der Waals surface area contributed by atoms with Crippen LogP contribution < -0.4 is 0 Å². The molecule has 9 atom stereocenters. The number of carbonyl (C=O) groups excluding carboxylic acids is 4. The van der Waals surface area contributed by atoms with Gasteiger partial charge in [0.15, 0.2) is 0 Å². The van der Waals surface area contributed by atoms with E-state index >= 15 is 9.59 Å². The fourth-order valence-corrected chi connectivity index (χ4v) is 10.3. The number of benzene rings is 2. The van der Waals surface area contributed by atoms with Crippen molar-refractivity contribution in [2.24, 2.45) is 11.8 Å². The van der Waals surface area contributed by atoms with E-state index in [1.165, 1.54) is 0 Å². The summed E-state index contributed by atoms with van der Waals surface area (Å²) in [6.45, 7) is 9.47. The molecule has 10 nitrogen and oxygen atoms in total. The van der Waals surface area contributed by atoms with E-state index in [0.29, 0.717) is 31.4 Å². The first-order valence-corrected chi connectivity index (χ1v) is 20.3. The van der Waals surface area contributed by atoms with E-state index in [0.717, 1.165) is 37.7 Å². The predicted octanol–water partition coefficient (Wildman–Crippen LogP) is 5.78. The molecule has 0 aromatic heterocycles. The van der Waals surface area contributed by atoms with Gasteiger partial charge in [0, 0.05) is 30.9 Å². The Morgan fingerprint density at radius 3 is 2.35 bits per heavy atom. The number of esters is 1. The summed E-state index contributed by atoms with van der Waals surface area (Å²) < 4.78 is 13.3. The molecule has 2 aromatic carbocycles. The summed E-state index contributed by atoms with van der Waals surface area (Å²) in [5.41, 5.74) is 0.283. The van der Waals surface area contributed by atoms with Gasteiger partial charge in [0.2, 0.25) is 17.7 Å². The van der Waals surface area contributed by atoms with Gasteiger partial charge in [-0.3, -0.25) is 19.2 Å². The number of hydrogen-bond donors (Lipinski definition) is 1. The molecule has 1 saturated carbocycles. The number of aliphatic hydroxyl groups is 1. The highest BCUT2D eigenvalue weighted by atomic mass is 79.9. The summed E-state index contributed by atoms with van der Waals surface area (Å²) in [5.74, 6) is -3.42. The van der Waals surface area contributed by atoms with Crippen LogP contribution in [0.25, 0.3) is 0 Å². The van der Waals surface area contributed by atoms with Crippen LogP contribution in [0.3, 0.4) is 0 Å². The maximum Gasteiger partial charge on any atom is 0.313 e. The molecule has 1 N–H and O–H groups in total. The first-order valence-electron chi connectivity index (χ1n) is 19.4. The lowest BCUT2D eigenvalue weighted by atomic mass is 9.70. The van der Waals surface area contributed by atoms with Crippen LogP contribution in [0.15, 0.2) is 86.0 Å². The Balaban J connectivity index is 1.38. The van der Waals surface area contributed by atoms with Crippen LogP contribution in [0.2, 0.25) is 0 Å². The van der Waals surface area contributed by atoms with Crippen LogP contribution in [-0.2, 0) is 35.1 Å². The van der Waals surface area contributed by atoms with E-state index in [2.05, 4.69) is 29.1 Å². The third kappa shape index (κ3) is 7.56.